The highest BCUT2D eigenvalue weighted by Gasteiger charge is 2.03. The van der Waals surface area contributed by atoms with Crippen molar-refractivity contribution in [3.8, 4) is 0 Å². The summed E-state index contributed by atoms with van der Waals surface area (Å²) in [5, 5.41) is 17.6. The molecule has 0 saturated carbocycles. The van der Waals surface area contributed by atoms with E-state index in [-0.39, 0.29) is 0 Å². The van der Waals surface area contributed by atoms with Gasteiger partial charge < -0.3 is 10.2 Å². The fraction of sp³-hybridized carbons (Fsp3) is 0.222. The number of rotatable bonds is 2. The smallest absolute Gasteiger partial charge is 0.178 e. The van der Waals surface area contributed by atoms with Crippen LogP contribution in [0.1, 0.15) is 27.8 Å². The minimum Gasteiger partial charge on any atom is -0.364 e. The van der Waals surface area contributed by atoms with E-state index in [1.807, 2.05) is 0 Å². The van der Waals surface area contributed by atoms with Crippen LogP contribution in [0, 0.1) is 6.92 Å². The van der Waals surface area contributed by atoms with Crippen LogP contribution in [0.3, 0.4) is 0 Å². The largest absolute Gasteiger partial charge is 0.364 e. The van der Waals surface area contributed by atoms with Crippen molar-refractivity contribution in [1.29, 1.82) is 0 Å². The van der Waals surface area contributed by atoms with Crippen molar-refractivity contribution in [3.05, 3.63) is 34.9 Å². The van der Waals surface area contributed by atoms with Gasteiger partial charge in [0, 0.05) is 11.1 Å². The van der Waals surface area contributed by atoms with E-state index in [0.29, 0.717) is 17.4 Å². The molecule has 0 aromatic heterocycles. The zero-order valence-corrected chi connectivity index (χ0v) is 6.69. The summed E-state index contributed by atoms with van der Waals surface area (Å²) in [5.41, 5.74) is 1.64. The first-order valence-corrected chi connectivity index (χ1v) is 3.56. The van der Waals surface area contributed by atoms with Crippen molar-refractivity contribution < 1.29 is 15.0 Å². The Morgan fingerprint density at radius 3 is 2.50 bits per heavy atom. The summed E-state index contributed by atoms with van der Waals surface area (Å²) in [7, 11) is 0. The molecule has 1 aromatic rings. The summed E-state index contributed by atoms with van der Waals surface area (Å²) in [6, 6.07) is 4.75. The van der Waals surface area contributed by atoms with Crippen molar-refractivity contribution >= 4 is 6.29 Å². The molecule has 3 heteroatoms. The van der Waals surface area contributed by atoms with Gasteiger partial charge in [0.1, 0.15) is 6.29 Å². The summed E-state index contributed by atoms with van der Waals surface area (Å²) >= 11 is 0. The van der Waals surface area contributed by atoms with Crippen LogP contribution in [0.4, 0.5) is 0 Å². The van der Waals surface area contributed by atoms with Gasteiger partial charge in [0.2, 0.25) is 0 Å². The van der Waals surface area contributed by atoms with Crippen molar-refractivity contribution in [2.75, 3.05) is 0 Å². The average molecular weight is 166 g/mol. The fourth-order valence-corrected chi connectivity index (χ4v) is 1.06. The van der Waals surface area contributed by atoms with E-state index in [4.69, 9.17) is 10.2 Å². The molecule has 1 aromatic carbocycles. The highest BCUT2D eigenvalue weighted by Crippen LogP contribution is 2.13. The number of aldehydes is 1. The van der Waals surface area contributed by atoms with Crippen molar-refractivity contribution in [2.24, 2.45) is 0 Å². The summed E-state index contributed by atoms with van der Waals surface area (Å²) in [4.78, 5) is 10.4. The molecular formula is C9H10O3. The van der Waals surface area contributed by atoms with Crippen molar-refractivity contribution in [3.63, 3.8) is 0 Å². The first-order chi connectivity index (χ1) is 5.63. The predicted octanol–water partition coefficient (Wildman–Crippen LogP) is 0.791. The first-order valence-electron chi connectivity index (χ1n) is 3.56. The Balaban J connectivity index is 3.14. The lowest BCUT2D eigenvalue weighted by Gasteiger charge is -2.05. The first kappa shape index (κ1) is 8.90. The number of aliphatic hydroxyl groups is 2. The molecule has 0 fully saturated rings. The maximum Gasteiger partial charge on any atom is 0.178 e. The van der Waals surface area contributed by atoms with Gasteiger partial charge in [-0.3, -0.25) is 4.79 Å². The van der Waals surface area contributed by atoms with Crippen LogP contribution in [0.5, 0.6) is 0 Å². The van der Waals surface area contributed by atoms with Crippen molar-refractivity contribution in [2.45, 2.75) is 13.2 Å². The highest BCUT2D eigenvalue weighted by molar-refractivity contribution is 5.75. The Labute approximate surface area is 70.3 Å². The number of benzene rings is 1. The van der Waals surface area contributed by atoms with Gasteiger partial charge in [0.05, 0.1) is 0 Å². The third-order valence-corrected chi connectivity index (χ3v) is 1.56. The molecule has 0 amide bonds. The van der Waals surface area contributed by atoms with Crippen LogP contribution in [-0.4, -0.2) is 16.5 Å². The van der Waals surface area contributed by atoms with Gasteiger partial charge >= 0.3 is 0 Å². The molecule has 0 aliphatic heterocycles. The lowest BCUT2D eigenvalue weighted by molar-refractivity contribution is -0.0425. The van der Waals surface area contributed by atoms with Crippen LogP contribution in [-0.2, 0) is 0 Å². The monoisotopic (exact) mass is 166 g/mol. The topological polar surface area (TPSA) is 57.5 Å². The van der Waals surface area contributed by atoms with Gasteiger partial charge in [-0.25, -0.2) is 0 Å². The molecule has 0 saturated heterocycles. The van der Waals surface area contributed by atoms with E-state index >= 15 is 0 Å². The number of aliphatic hydroxyl groups excluding tert-OH is 1. The lowest BCUT2D eigenvalue weighted by atomic mass is 10.1. The molecule has 0 radical (unpaired) electrons. The summed E-state index contributed by atoms with van der Waals surface area (Å²) in [6.07, 6.45) is -0.831. The maximum atomic E-state index is 10.4. The van der Waals surface area contributed by atoms with Gasteiger partial charge in [0.25, 0.3) is 0 Å². The second kappa shape index (κ2) is 3.47. The zero-order valence-electron chi connectivity index (χ0n) is 6.69. The molecule has 0 atom stereocenters. The average Bonchev–Trinajstić information content (AvgIpc) is 2.03. The van der Waals surface area contributed by atoms with Gasteiger partial charge in [-0.05, 0) is 24.6 Å². The Bertz CT molecular complexity index is 292. The van der Waals surface area contributed by atoms with Crippen LogP contribution >= 0.6 is 0 Å². The third-order valence-electron chi connectivity index (χ3n) is 1.56. The molecule has 64 valence electrons. The molecule has 0 aliphatic rings. The second-order valence-electron chi connectivity index (χ2n) is 2.67. The van der Waals surface area contributed by atoms with Crippen LogP contribution in [0.15, 0.2) is 18.2 Å². The standard InChI is InChI=1S/C9H10O3/c1-6-2-7(5-10)4-8(3-6)9(11)12/h2-5,9,11-12H,1H3. The van der Waals surface area contributed by atoms with Gasteiger partial charge in [-0.1, -0.05) is 6.07 Å². The summed E-state index contributed by atoms with van der Waals surface area (Å²) in [6.45, 7) is 1.79. The van der Waals surface area contributed by atoms with E-state index in [0.717, 1.165) is 5.56 Å². The quantitative estimate of drug-likeness (QED) is 0.504. The lowest BCUT2D eigenvalue weighted by Crippen LogP contribution is -1.96. The normalized spacial score (nSPS) is 10.3. The van der Waals surface area contributed by atoms with Gasteiger partial charge in [-0.2, -0.15) is 0 Å². The third kappa shape index (κ3) is 1.90. The van der Waals surface area contributed by atoms with Crippen LogP contribution in [0.25, 0.3) is 0 Å². The zero-order chi connectivity index (χ0) is 9.14. The second-order valence-corrected chi connectivity index (χ2v) is 2.67. The summed E-state index contributed by atoms with van der Waals surface area (Å²) < 4.78 is 0. The van der Waals surface area contributed by atoms with E-state index < -0.39 is 6.29 Å². The Hall–Kier alpha value is -1.19. The molecule has 0 aliphatic carbocycles. The molecule has 12 heavy (non-hydrogen) atoms. The number of aryl methyl sites for hydroxylation is 1. The molecule has 3 nitrogen and oxygen atoms in total. The number of carbonyl (C=O) groups excluding carboxylic acids is 1. The number of hydrogen-bond donors (Lipinski definition) is 2. The summed E-state index contributed by atoms with van der Waals surface area (Å²) in [5.74, 6) is 0. The highest BCUT2D eigenvalue weighted by atomic mass is 16.5. The SMILES string of the molecule is Cc1cc(C=O)cc(C(O)O)c1. The molecule has 0 heterocycles. The van der Waals surface area contributed by atoms with Crippen molar-refractivity contribution in [1.82, 2.24) is 0 Å². The Morgan fingerprint density at radius 2 is 2.00 bits per heavy atom. The Kier molecular flexibility index (Phi) is 2.58. The minimum atomic E-state index is -1.51. The maximum absolute atomic E-state index is 10.4. The molecular weight excluding hydrogens is 156 g/mol. The molecule has 0 spiro atoms. The van der Waals surface area contributed by atoms with E-state index in [1.54, 1.807) is 19.1 Å². The van der Waals surface area contributed by atoms with Crippen LogP contribution < -0.4 is 0 Å². The Morgan fingerprint density at radius 1 is 1.33 bits per heavy atom. The van der Waals surface area contributed by atoms with E-state index in [2.05, 4.69) is 0 Å². The molecule has 2 N–H and O–H groups in total. The minimum absolute atomic E-state index is 0.345. The van der Waals surface area contributed by atoms with E-state index in [9.17, 15) is 4.79 Å². The van der Waals surface area contributed by atoms with Gasteiger partial charge in [-0.15, -0.1) is 0 Å². The predicted molar refractivity (Wildman–Crippen MR) is 43.7 cm³/mol. The van der Waals surface area contributed by atoms with E-state index in [1.165, 1.54) is 6.07 Å². The number of carbonyl (C=O) groups is 1. The molecule has 0 unspecified atom stereocenters. The molecule has 1 rings (SSSR count). The van der Waals surface area contributed by atoms with Crippen LogP contribution in [0.2, 0.25) is 0 Å². The van der Waals surface area contributed by atoms with Gasteiger partial charge in [0.15, 0.2) is 6.29 Å². The fourth-order valence-electron chi connectivity index (χ4n) is 1.06. The number of hydrogen-bond acceptors (Lipinski definition) is 3. The molecule has 0 bridgehead atoms.